The molecule has 1 aromatic heterocycles. The van der Waals surface area contributed by atoms with Gasteiger partial charge in [-0.2, -0.15) is 0 Å². The highest BCUT2D eigenvalue weighted by molar-refractivity contribution is 7.98. The third-order valence-electron chi connectivity index (χ3n) is 5.18. The Labute approximate surface area is 190 Å². The van der Waals surface area contributed by atoms with Crippen molar-refractivity contribution in [2.24, 2.45) is 0 Å². The average Bonchev–Trinajstić information content (AvgIpc) is 2.83. The number of halogens is 1. The van der Waals surface area contributed by atoms with Gasteiger partial charge in [0.1, 0.15) is 11.6 Å². The Morgan fingerprint density at radius 1 is 1.15 bits per heavy atom. The van der Waals surface area contributed by atoms with Gasteiger partial charge in [-0.25, -0.2) is 9.37 Å². The van der Waals surface area contributed by atoms with Crippen LogP contribution in [0.3, 0.4) is 0 Å². The van der Waals surface area contributed by atoms with Crippen LogP contribution in [0.4, 0.5) is 10.1 Å². The quantitative estimate of drug-likeness (QED) is 0.184. The molecule has 4 aromatic rings. The molecule has 33 heavy (non-hydrogen) atoms. The molecule has 3 aromatic carbocycles. The van der Waals surface area contributed by atoms with E-state index >= 15 is 0 Å². The van der Waals surface area contributed by atoms with Crippen LogP contribution in [0.1, 0.15) is 11.1 Å². The van der Waals surface area contributed by atoms with Crippen LogP contribution in [-0.2, 0) is 17.1 Å². The molecule has 0 fully saturated rings. The van der Waals surface area contributed by atoms with Gasteiger partial charge < -0.3 is 9.47 Å². The maximum Gasteiger partial charge on any atom is 0.270 e. The monoisotopic (exact) mass is 465 g/mol. The van der Waals surface area contributed by atoms with Crippen molar-refractivity contribution in [2.45, 2.75) is 17.5 Å². The largest absolute Gasteiger partial charge is 0.467 e. The lowest BCUT2D eigenvalue weighted by molar-refractivity contribution is -0.385. The molecule has 8 nitrogen and oxygen atoms in total. The molecule has 0 unspecified atom stereocenters. The minimum atomic E-state index is -0.563. The van der Waals surface area contributed by atoms with Crippen molar-refractivity contribution >= 4 is 28.4 Å². The van der Waals surface area contributed by atoms with E-state index < -0.39 is 16.3 Å². The van der Waals surface area contributed by atoms with Crippen LogP contribution in [0.2, 0.25) is 0 Å². The van der Waals surface area contributed by atoms with E-state index in [9.17, 15) is 19.3 Å². The second-order valence-corrected chi connectivity index (χ2v) is 8.20. The number of hydrogen-bond donors (Lipinski definition) is 0. The van der Waals surface area contributed by atoms with E-state index in [0.29, 0.717) is 27.8 Å². The summed E-state index contributed by atoms with van der Waals surface area (Å²) in [5.41, 5.74) is 1.20. The molecule has 166 valence electrons. The van der Waals surface area contributed by atoms with E-state index in [4.69, 9.17) is 9.47 Å². The molecule has 0 atom stereocenters. The van der Waals surface area contributed by atoms with Crippen LogP contribution in [0.5, 0.6) is 5.75 Å². The van der Waals surface area contributed by atoms with E-state index in [-0.39, 0.29) is 35.7 Å². The maximum atomic E-state index is 14.7. The number of para-hydroxylation sites is 2. The smallest absolute Gasteiger partial charge is 0.270 e. The summed E-state index contributed by atoms with van der Waals surface area (Å²) in [6.07, 6.45) is 0. The highest BCUT2D eigenvalue weighted by Gasteiger charge is 2.22. The van der Waals surface area contributed by atoms with Crippen molar-refractivity contribution < 1.29 is 18.8 Å². The number of benzene rings is 3. The number of rotatable bonds is 5. The molecule has 0 saturated heterocycles. The van der Waals surface area contributed by atoms with Crippen LogP contribution in [-0.4, -0.2) is 21.3 Å². The van der Waals surface area contributed by atoms with Crippen LogP contribution < -0.4 is 10.3 Å². The van der Waals surface area contributed by atoms with E-state index in [0.717, 1.165) is 0 Å². The third-order valence-corrected chi connectivity index (χ3v) is 6.16. The SMILES string of the molecule is O=c1c2ccccc2nc(SCc2cc([N+](=O)[O-])cc3c2OCOC3)n1-c1ccccc1F. The number of nitro benzene ring substituents is 1. The Balaban J connectivity index is 1.63. The molecule has 0 N–H and O–H groups in total. The molecule has 1 aliphatic rings. The zero-order valence-electron chi connectivity index (χ0n) is 17.1. The molecule has 0 radical (unpaired) electrons. The fourth-order valence-electron chi connectivity index (χ4n) is 3.69. The first kappa shape index (κ1) is 21.1. The number of hydrogen-bond acceptors (Lipinski definition) is 7. The fraction of sp³-hybridized carbons (Fsp3) is 0.130. The molecule has 10 heteroatoms. The van der Waals surface area contributed by atoms with E-state index in [2.05, 4.69) is 4.98 Å². The third kappa shape index (κ3) is 3.94. The van der Waals surface area contributed by atoms with Crippen molar-refractivity contribution in [1.82, 2.24) is 9.55 Å². The van der Waals surface area contributed by atoms with Gasteiger partial charge in [-0.05, 0) is 24.3 Å². The van der Waals surface area contributed by atoms with E-state index in [1.165, 1.54) is 40.6 Å². The zero-order valence-corrected chi connectivity index (χ0v) is 17.9. The van der Waals surface area contributed by atoms with Gasteiger partial charge in [-0.1, -0.05) is 36.0 Å². The normalized spacial score (nSPS) is 12.9. The van der Waals surface area contributed by atoms with Crippen LogP contribution in [0.15, 0.2) is 70.6 Å². The lowest BCUT2D eigenvalue weighted by Crippen LogP contribution is -2.22. The molecule has 0 bridgehead atoms. The van der Waals surface area contributed by atoms with Crippen molar-refractivity contribution in [3.8, 4) is 11.4 Å². The van der Waals surface area contributed by atoms with Crippen molar-refractivity contribution in [3.63, 3.8) is 0 Å². The standard InChI is InChI=1S/C23H16FN3O5S/c24-18-6-2-4-8-20(18)26-22(28)17-5-1-3-7-19(17)25-23(26)33-12-15-10-16(27(29)30)9-14-11-31-13-32-21(14)15/h1-10H,11-13H2. The highest BCUT2D eigenvalue weighted by Crippen LogP contribution is 2.36. The number of ether oxygens (including phenoxy) is 2. The van der Waals surface area contributed by atoms with Gasteiger partial charge in [0.25, 0.3) is 11.2 Å². The molecule has 1 aliphatic heterocycles. The number of aromatic nitrogens is 2. The van der Waals surface area contributed by atoms with Crippen molar-refractivity contribution in [1.29, 1.82) is 0 Å². The Kier molecular flexibility index (Phi) is 5.53. The second-order valence-electron chi connectivity index (χ2n) is 7.25. The number of nitrogens with zero attached hydrogens (tertiary/aromatic N) is 3. The molecular formula is C23H16FN3O5S. The number of non-ortho nitro benzene ring substituents is 1. The fourth-order valence-corrected chi connectivity index (χ4v) is 4.66. The predicted molar refractivity (Wildman–Crippen MR) is 120 cm³/mol. The summed E-state index contributed by atoms with van der Waals surface area (Å²) >= 11 is 1.17. The van der Waals surface area contributed by atoms with Gasteiger partial charge in [0.2, 0.25) is 0 Å². The number of thioether (sulfide) groups is 1. The van der Waals surface area contributed by atoms with E-state index in [1.54, 1.807) is 36.4 Å². The highest BCUT2D eigenvalue weighted by atomic mass is 32.2. The Morgan fingerprint density at radius 2 is 1.94 bits per heavy atom. The van der Waals surface area contributed by atoms with E-state index in [1.807, 2.05) is 0 Å². The first-order valence-corrected chi connectivity index (χ1v) is 10.9. The molecule has 0 aliphatic carbocycles. The summed E-state index contributed by atoms with van der Waals surface area (Å²) in [7, 11) is 0. The summed E-state index contributed by atoms with van der Waals surface area (Å²) in [4.78, 5) is 28.8. The molecular weight excluding hydrogens is 449 g/mol. The Hall–Kier alpha value is -3.76. The molecule has 0 amide bonds. The summed E-state index contributed by atoms with van der Waals surface area (Å²) < 4.78 is 26.7. The van der Waals surface area contributed by atoms with Gasteiger partial charge in [0, 0.05) is 29.0 Å². The van der Waals surface area contributed by atoms with Gasteiger partial charge >= 0.3 is 0 Å². The summed E-state index contributed by atoms with van der Waals surface area (Å²) in [5.74, 6) is 0.162. The molecule has 0 saturated carbocycles. The zero-order chi connectivity index (χ0) is 22.9. The van der Waals surface area contributed by atoms with Crippen molar-refractivity contribution in [3.05, 3.63) is 98.1 Å². The lowest BCUT2D eigenvalue weighted by Gasteiger charge is -2.20. The molecule has 5 rings (SSSR count). The number of fused-ring (bicyclic) bond motifs is 2. The first-order valence-electron chi connectivity index (χ1n) is 9.93. The topological polar surface area (TPSA) is 96.5 Å². The first-order chi connectivity index (χ1) is 16.0. The molecule has 0 spiro atoms. The maximum absolute atomic E-state index is 14.7. The van der Waals surface area contributed by atoms with Crippen LogP contribution in [0.25, 0.3) is 16.6 Å². The molecule has 2 heterocycles. The van der Waals surface area contributed by atoms with Gasteiger partial charge in [0.15, 0.2) is 11.9 Å². The number of nitro groups is 1. The van der Waals surface area contributed by atoms with Crippen LogP contribution in [0, 0.1) is 15.9 Å². The Bertz CT molecular complexity index is 1460. The average molecular weight is 465 g/mol. The van der Waals surface area contributed by atoms with Crippen molar-refractivity contribution in [2.75, 3.05) is 6.79 Å². The lowest BCUT2D eigenvalue weighted by atomic mass is 10.1. The van der Waals surface area contributed by atoms with Gasteiger partial charge in [-0.15, -0.1) is 0 Å². The van der Waals surface area contributed by atoms with Crippen LogP contribution >= 0.6 is 11.8 Å². The summed E-state index contributed by atoms with van der Waals surface area (Å²) in [6, 6.07) is 15.7. The minimum Gasteiger partial charge on any atom is -0.467 e. The Morgan fingerprint density at radius 3 is 2.76 bits per heavy atom. The van der Waals surface area contributed by atoms with Gasteiger partial charge in [-0.3, -0.25) is 19.5 Å². The minimum absolute atomic E-state index is 0.0383. The predicted octanol–water partition coefficient (Wildman–Crippen LogP) is 4.59. The van der Waals surface area contributed by atoms with Gasteiger partial charge in [0.05, 0.1) is 28.1 Å². The summed E-state index contributed by atoms with van der Waals surface area (Å²) in [6.45, 7) is 0.236. The summed E-state index contributed by atoms with van der Waals surface area (Å²) in [5, 5.41) is 12.0. The second kappa shape index (κ2) is 8.64.